The lowest BCUT2D eigenvalue weighted by Gasteiger charge is -2.07. The van der Waals surface area contributed by atoms with Gasteiger partial charge in [0.25, 0.3) is 0 Å². The molecule has 3 heteroatoms. The fourth-order valence-electron chi connectivity index (χ4n) is 2.11. The molecule has 2 rings (SSSR count). The van der Waals surface area contributed by atoms with Crippen molar-refractivity contribution < 1.29 is 5.11 Å². The molecule has 21 heavy (non-hydrogen) atoms. The summed E-state index contributed by atoms with van der Waals surface area (Å²) in [6.45, 7) is 2.01. The molecule has 2 aromatic carbocycles. The summed E-state index contributed by atoms with van der Waals surface area (Å²) in [6.07, 6.45) is 3.27. The van der Waals surface area contributed by atoms with Crippen LogP contribution in [0.5, 0.6) is 0 Å². The topological polar surface area (TPSA) is 44.0 Å². The van der Waals surface area contributed by atoms with E-state index in [9.17, 15) is 5.11 Å². The van der Waals surface area contributed by atoms with E-state index in [2.05, 4.69) is 0 Å². The quantitative estimate of drug-likeness (QED) is 0.826. The van der Waals surface area contributed by atoms with Crippen LogP contribution in [0.15, 0.2) is 42.5 Å². The number of rotatable bonds is 4. The van der Waals surface area contributed by atoms with Gasteiger partial charge in [-0.15, -0.1) is 0 Å². The van der Waals surface area contributed by atoms with Gasteiger partial charge in [-0.2, -0.15) is 5.26 Å². The van der Waals surface area contributed by atoms with Crippen LogP contribution in [0.3, 0.4) is 0 Å². The van der Waals surface area contributed by atoms with Crippen molar-refractivity contribution in [2.45, 2.75) is 19.4 Å². The lowest BCUT2D eigenvalue weighted by atomic mass is 10.0. The summed E-state index contributed by atoms with van der Waals surface area (Å²) in [4.78, 5) is 0. The van der Waals surface area contributed by atoms with Gasteiger partial charge in [0.1, 0.15) is 0 Å². The first-order valence-electron chi connectivity index (χ1n) is 6.70. The zero-order valence-corrected chi connectivity index (χ0v) is 12.5. The average Bonchev–Trinajstić information content (AvgIpc) is 2.47. The Morgan fingerprint density at radius 1 is 1.24 bits per heavy atom. The van der Waals surface area contributed by atoms with Crippen LogP contribution < -0.4 is 0 Å². The maximum atomic E-state index is 9.85. The van der Waals surface area contributed by atoms with E-state index >= 15 is 0 Å². The van der Waals surface area contributed by atoms with Crippen LogP contribution in [0, 0.1) is 18.3 Å². The smallest absolute Gasteiger partial charge is 0.0920 e. The lowest BCUT2D eigenvalue weighted by molar-refractivity contribution is 0.183. The summed E-state index contributed by atoms with van der Waals surface area (Å²) >= 11 is 6.19. The fraction of sp³-hybridized carbons (Fsp3) is 0.167. The summed E-state index contributed by atoms with van der Waals surface area (Å²) in [6, 6.07) is 15.3. The highest BCUT2D eigenvalue weighted by atomic mass is 35.5. The third-order valence-corrected chi connectivity index (χ3v) is 3.62. The summed E-state index contributed by atoms with van der Waals surface area (Å²) in [5.74, 6) is 0. The monoisotopic (exact) mass is 297 g/mol. The van der Waals surface area contributed by atoms with Crippen LogP contribution in [0.1, 0.15) is 34.8 Å². The second-order valence-electron chi connectivity index (χ2n) is 4.85. The third-order valence-electron chi connectivity index (χ3n) is 3.29. The predicted octanol–water partition coefficient (Wildman–Crippen LogP) is 4.77. The Morgan fingerprint density at radius 3 is 2.71 bits per heavy atom. The zero-order valence-electron chi connectivity index (χ0n) is 11.8. The highest BCUT2D eigenvalue weighted by molar-refractivity contribution is 6.32. The molecule has 0 aliphatic carbocycles. The Kier molecular flexibility index (Phi) is 5.16. The Balaban J connectivity index is 2.26. The van der Waals surface area contributed by atoms with Crippen LogP contribution in [0.4, 0.5) is 0 Å². The van der Waals surface area contributed by atoms with Crippen LogP contribution >= 0.6 is 11.6 Å². The van der Waals surface area contributed by atoms with Gasteiger partial charge in [-0.05, 0) is 41.3 Å². The number of hydrogen-bond donors (Lipinski definition) is 1. The van der Waals surface area contributed by atoms with E-state index in [1.165, 1.54) is 0 Å². The van der Waals surface area contributed by atoms with Gasteiger partial charge in [0.15, 0.2) is 0 Å². The first kappa shape index (κ1) is 15.3. The highest BCUT2D eigenvalue weighted by Crippen LogP contribution is 2.23. The van der Waals surface area contributed by atoms with Gasteiger partial charge in [0.2, 0.25) is 0 Å². The molecule has 0 spiro atoms. The van der Waals surface area contributed by atoms with E-state index in [0.29, 0.717) is 5.02 Å². The van der Waals surface area contributed by atoms with Gasteiger partial charge in [-0.1, -0.05) is 54.1 Å². The summed E-state index contributed by atoms with van der Waals surface area (Å²) < 4.78 is 0. The Bertz CT molecular complexity index is 680. The molecule has 0 heterocycles. The standard InChI is InChI=1S/C18H16ClNO/c1-13-4-2-7-17(19)16(13)9-8-14-5-3-6-15(12-14)18(21)10-11-20/h2-9,12,18,21H,10H2,1H3/b9-8+. The molecule has 0 fully saturated rings. The predicted molar refractivity (Wildman–Crippen MR) is 86.7 cm³/mol. The van der Waals surface area contributed by atoms with Crippen molar-refractivity contribution in [3.8, 4) is 6.07 Å². The molecule has 2 aromatic rings. The molecule has 0 aliphatic rings. The highest BCUT2D eigenvalue weighted by Gasteiger charge is 2.06. The number of aliphatic hydroxyl groups excluding tert-OH is 1. The van der Waals surface area contributed by atoms with Crippen molar-refractivity contribution in [1.29, 1.82) is 5.26 Å². The van der Waals surface area contributed by atoms with E-state index in [-0.39, 0.29) is 6.42 Å². The minimum atomic E-state index is -0.745. The zero-order chi connectivity index (χ0) is 15.2. The van der Waals surface area contributed by atoms with E-state index in [4.69, 9.17) is 16.9 Å². The maximum absolute atomic E-state index is 9.85. The molecule has 0 amide bonds. The molecule has 0 radical (unpaired) electrons. The fourth-order valence-corrected chi connectivity index (χ4v) is 2.39. The normalized spacial score (nSPS) is 12.3. The molecule has 0 aromatic heterocycles. The number of aliphatic hydroxyl groups is 1. The van der Waals surface area contributed by atoms with Gasteiger partial charge in [0, 0.05) is 5.02 Å². The summed E-state index contributed by atoms with van der Waals surface area (Å²) in [7, 11) is 0. The molecule has 2 nitrogen and oxygen atoms in total. The van der Waals surface area contributed by atoms with E-state index in [1.54, 1.807) is 0 Å². The largest absolute Gasteiger partial charge is 0.387 e. The molecule has 1 atom stereocenters. The molecule has 0 saturated heterocycles. The van der Waals surface area contributed by atoms with Crippen molar-refractivity contribution in [2.24, 2.45) is 0 Å². The maximum Gasteiger partial charge on any atom is 0.0920 e. The number of hydrogen-bond acceptors (Lipinski definition) is 2. The number of aryl methyl sites for hydroxylation is 1. The van der Waals surface area contributed by atoms with Crippen molar-refractivity contribution in [1.82, 2.24) is 0 Å². The van der Waals surface area contributed by atoms with Crippen LogP contribution in [0.2, 0.25) is 5.02 Å². The molecular formula is C18H16ClNO. The molecule has 1 unspecified atom stereocenters. The van der Waals surface area contributed by atoms with Crippen molar-refractivity contribution in [3.63, 3.8) is 0 Å². The van der Waals surface area contributed by atoms with E-state index in [0.717, 1.165) is 22.3 Å². The Morgan fingerprint density at radius 2 is 2.00 bits per heavy atom. The van der Waals surface area contributed by atoms with Crippen LogP contribution in [-0.4, -0.2) is 5.11 Å². The minimum absolute atomic E-state index is 0.0940. The first-order valence-corrected chi connectivity index (χ1v) is 7.08. The third kappa shape index (κ3) is 3.95. The molecule has 106 valence electrons. The number of nitrogens with zero attached hydrogens (tertiary/aromatic N) is 1. The van der Waals surface area contributed by atoms with E-state index in [1.807, 2.05) is 67.6 Å². The lowest BCUT2D eigenvalue weighted by Crippen LogP contribution is -1.95. The van der Waals surface area contributed by atoms with Crippen molar-refractivity contribution >= 4 is 23.8 Å². The van der Waals surface area contributed by atoms with Crippen molar-refractivity contribution in [3.05, 3.63) is 69.7 Å². The molecule has 1 N–H and O–H groups in total. The van der Waals surface area contributed by atoms with Gasteiger partial charge in [0.05, 0.1) is 18.6 Å². The van der Waals surface area contributed by atoms with E-state index < -0.39 is 6.10 Å². The summed E-state index contributed by atoms with van der Waals surface area (Å²) in [5.41, 5.74) is 3.81. The molecule has 0 aliphatic heterocycles. The van der Waals surface area contributed by atoms with Gasteiger partial charge in [-0.3, -0.25) is 0 Å². The van der Waals surface area contributed by atoms with Gasteiger partial charge in [-0.25, -0.2) is 0 Å². The molecule has 0 saturated carbocycles. The van der Waals surface area contributed by atoms with Gasteiger partial charge >= 0.3 is 0 Å². The Hall–Kier alpha value is -2.08. The number of nitriles is 1. The molecule has 0 bridgehead atoms. The second-order valence-corrected chi connectivity index (χ2v) is 5.26. The molecular weight excluding hydrogens is 282 g/mol. The number of halogens is 1. The minimum Gasteiger partial charge on any atom is -0.387 e. The SMILES string of the molecule is Cc1cccc(Cl)c1/C=C/c1cccc(C(O)CC#N)c1. The Labute approximate surface area is 129 Å². The second kappa shape index (κ2) is 7.08. The van der Waals surface area contributed by atoms with Crippen molar-refractivity contribution in [2.75, 3.05) is 0 Å². The van der Waals surface area contributed by atoms with Gasteiger partial charge < -0.3 is 5.11 Å². The van der Waals surface area contributed by atoms with Crippen LogP contribution in [0.25, 0.3) is 12.2 Å². The average molecular weight is 298 g/mol. The summed E-state index contributed by atoms with van der Waals surface area (Å²) in [5, 5.41) is 19.2. The number of benzene rings is 2. The first-order chi connectivity index (χ1) is 10.1. The van der Waals surface area contributed by atoms with Crippen LogP contribution in [-0.2, 0) is 0 Å².